The number of para-hydroxylation sites is 1. The van der Waals surface area contributed by atoms with Crippen LogP contribution in [0.4, 0.5) is 10.5 Å². The number of anilines is 1. The molecule has 0 aliphatic rings. The molecule has 0 saturated carbocycles. The van der Waals surface area contributed by atoms with Gasteiger partial charge in [0, 0.05) is 23.4 Å². The standard InChI is InChI=1S/C24H22N2O5/c1-2-30-24(29)31-20-14-12-18(13-15-20)23(28)26-21-11-7-6-10-19(21)16-25-22(27)17-8-4-3-5-9-17/h3-15H,2,16H2,1H3,(H,25,27)(H,26,28). The number of benzene rings is 3. The van der Waals surface area contributed by atoms with Crippen molar-refractivity contribution in [1.82, 2.24) is 5.32 Å². The minimum atomic E-state index is -0.800. The molecule has 0 heterocycles. The molecule has 0 aliphatic heterocycles. The van der Waals surface area contributed by atoms with E-state index >= 15 is 0 Å². The number of carbonyl (C=O) groups excluding carboxylic acids is 3. The number of rotatable bonds is 7. The largest absolute Gasteiger partial charge is 0.513 e. The summed E-state index contributed by atoms with van der Waals surface area (Å²) in [6, 6.07) is 22.3. The van der Waals surface area contributed by atoms with E-state index in [1.807, 2.05) is 18.2 Å². The minimum Gasteiger partial charge on any atom is -0.434 e. The van der Waals surface area contributed by atoms with Gasteiger partial charge >= 0.3 is 6.16 Å². The summed E-state index contributed by atoms with van der Waals surface area (Å²) in [5.41, 5.74) is 2.31. The van der Waals surface area contributed by atoms with Crippen LogP contribution in [0.25, 0.3) is 0 Å². The molecule has 0 fully saturated rings. The highest BCUT2D eigenvalue weighted by atomic mass is 16.7. The molecule has 0 radical (unpaired) electrons. The van der Waals surface area contributed by atoms with E-state index < -0.39 is 6.16 Å². The highest BCUT2D eigenvalue weighted by molar-refractivity contribution is 6.04. The Balaban J connectivity index is 1.63. The molecule has 0 unspecified atom stereocenters. The molecule has 2 N–H and O–H groups in total. The molecule has 158 valence electrons. The van der Waals surface area contributed by atoms with Gasteiger partial charge in [-0.2, -0.15) is 0 Å². The average Bonchev–Trinajstić information content (AvgIpc) is 2.79. The van der Waals surface area contributed by atoms with Gasteiger partial charge in [0.1, 0.15) is 5.75 Å². The van der Waals surface area contributed by atoms with Crippen molar-refractivity contribution >= 4 is 23.7 Å². The fourth-order valence-corrected chi connectivity index (χ4v) is 2.78. The van der Waals surface area contributed by atoms with Crippen molar-refractivity contribution in [2.45, 2.75) is 13.5 Å². The number of ether oxygens (including phenoxy) is 2. The Hall–Kier alpha value is -4.13. The molecule has 31 heavy (non-hydrogen) atoms. The third-order valence-corrected chi connectivity index (χ3v) is 4.32. The number of carbonyl (C=O) groups is 3. The van der Waals surface area contributed by atoms with Crippen molar-refractivity contribution in [1.29, 1.82) is 0 Å². The van der Waals surface area contributed by atoms with Gasteiger partial charge < -0.3 is 20.1 Å². The predicted molar refractivity (Wildman–Crippen MR) is 116 cm³/mol. The van der Waals surface area contributed by atoms with Crippen molar-refractivity contribution in [3.05, 3.63) is 95.6 Å². The molecule has 0 spiro atoms. The SMILES string of the molecule is CCOC(=O)Oc1ccc(C(=O)Nc2ccccc2CNC(=O)c2ccccc2)cc1. The molecule has 3 rings (SSSR count). The average molecular weight is 418 g/mol. The summed E-state index contributed by atoms with van der Waals surface area (Å²) in [6.45, 7) is 2.15. The monoisotopic (exact) mass is 418 g/mol. The highest BCUT2D eigenvalue weighted by Gasteiger charge is 2.12. The summed E-state index contributed by atoms with van der Waals surface area (Å²) >= 11 is 0. The summed E-state index contributed by atoms with van der Waals surface area (Å²) in [4.78, 5) is 36.3. The Morgan fingerprint density at radius 3 is 2.13 bits per heavy atom. The highest BCUT2D eigenvalue weighted by Crippen LogP contribution is 2.18. The zero-order valence-electron chi connectivity index (χ0n) is 17.0. The lowest BCUT2D eigenvalue weighted by molar-refractivity contribution is 0.0949. The lowest BCUT2D eigenvalue weighted by Gasteiger charge is -2.12. The Labute approximate surface area is 180 Å². The molecule has 0 bridgehead atoms. The van der Waals surface area contributed by atoms with Gasteiger partial charge in [-0.3, -0.25) is 9.59 Å². The third-order valence-electron chi connectivity index (χ3n) is 4.32. The first kappa shape index (κ1) is 21.6. The number of amides is 2. The molecular formula is C24H22N2O5. The van der Waals surface area contributed by atoms with Gasteiger partial charge in [0.2, 0.25) is 0 Å². The molecule has 3 aromatic rings. The van der Waals surface area contributed by atoms with E-state index in [0.717, 1.165) is 5.56 Å². The Morgan fingerprint density at radius 2 is 1.42 bits per heavy atom. The summed E-state index contributed by atoms with van der Waals surface area (Å²) in [6.07, 6.45) is -0.800. The fourth-order valence-electron chi connectivity index (χ4n) is 2.78. The lowest BCUT2D eigenvalue weighted by atomic mass is 10.1. The van der Waals surface area contributed by atoms with Gasteiger partial charge in [-0.05, 0) is 55.0 Å². The first-order valence-electron chi connectivity index (χ1n) is 9.74. The Kier molecular flexibility index (Phi) is 7.37. The Bertz CT molecular complexity index is 1050. The minimum absolute atomic E-state index is 0.195. The van der Waals surface area contributed by atoms with Crippen LogP contribution in [0.5, 0.6) is 5.75 Å². The van der Waals surface area contributed by atoms with E-state index in [1.165, 1.54) is 12.1 Å². The molecule has 3 aromatic carbocycles. The van der Waals surface area contributed by atoms with Gasteiger partial charge in [-0.25, -0.2) is 4.79 Å². The van der Waals surface area contributed by atoms with Gasteiger partial charge in [0.25, 0.3) is 11.8 Å². The van der Waals surface area contributed by atoms with Crippen LogP contribution in [0.3, 0.4) is 0 Å². The molecular weight excluding hydrogens is 396 g/mol. The maximum atomic E-state index is 12.6. The summed E-state index contributed by atoms with van der Waals surface area (Å²) in [7, 11) is 0. The quantitative estimate of drug-likeness (QED) is 0.438. The van der Waals surface area contributed by atoms with E-state index in [9.17, 15) is 14.4 Å². The van der Waals surface area contributed by atoms with Crippen molar-refractivity contribution in [3.8, 4) is 5.75 Å². The van der Waals surface area contributed by atoms with Gasteiger partial charge in [-0.15, -0.1) is 0 Å². The smallest absolute Gasteiger partial charge is 0.434 e. The van der Waals surface area contributed by atoms with E-state index in [4.69, 9.17) is 9.47 Å². The first-order chi connectivity index (χ1) is 15.1. The molecule has 7 heteroatoms. The van der Waals surface area contributed by atoms with Crippen molar-refractivity contribution in [3.63, 3.8) is 0 Å². The molecule has 0 saturated heterocycles. The summed E-state index contributed by atoms with van der Waals surface area (Å²) in [5, 5.41) is 5.70. The molecule has 0 atom stereocenters. The maximum Gasteiger partial charge on any atom is 0.513 e. The van der Waals surface area contributed by atoms with Crippen LogP contribution in [-0.2, 0) is 11.3 Å². The lowest BCUT2D eigenvalue weighted by Crippen LogP contribution is -2.23. The second-order valence-electron chi connectivity index (χ2n) is 6.47. The predicted octanol–water partition coefficient (Wildman–Crippen LogP) is 4.40. The van der Waals surface area contributed by atoms with Crippen LogP contribution in [0.2, 0.25) is 0 Å². The van der Waals surface area contributed by atoms with E-state index in [-0.39, 0.29) is 30.7 Å². The number of hydrogen-bond donors (Lipinski definition) is 2. The van der Waals surface area contributed by atoms with Crippen LogP contribution in [0.1, 0.15) is 33.2 Å². The zero-order chi connectivity index (χ0) is 22.1. The molecule has 7 nitrogen and oxygen atoms in total. The maximum absolute atomic E-state index is 12.6. The first-order valence-corrected chi connectivity index (χ1v) is 9.74. The summed E-state index contributed by atoms with van der Waals surface area (Å²) < 4.78 is 9.70. The van der Waals surface area contributed by atoms with Crippen LogP contribution in [-0.4, -0.2) is 24.6 Å². The normalized spacial score (nSPS) is 10.1. The van der Waals surface area contributed by atoms with Crippen LogP contribution in [0, 0.1) is 0 Å². The second-order valence-corrected chi connectivity index (χ2v) is 6.47. The van der Waals surface area contributed by atoms with Gasteiger partial charge in [0.05, 0.1) is 6.61 Å². The zero-order valence-corrected chi connectivity index (χ0v) is 17.0. The molecule has 0 aromatic heterocycles. The van der Waals surface area contributed by atoms with E-state index in [2.05, 4.69) is 10.6 Å². The van der Waals surface area contributed by atoms with Crippen LogP contribution < -0.4 is 15.4 Å². The van der Waals surface area contributed by atoms with Crippen molar-refractivity contribution < 1.29 is 23.9 Å². The third kappa shape index (κ3) is 6.17. The van der Waals surface area contributed by atoms with Gasteiger partial charge in [0.15, 0.2) is 0 Å². The number of nitrogens with one attached hydrogen (secondary N) is 2. The summed E-state index contributed by atoms with van der Waals surface area (Å²) in [5.74, 6) is -0.248. The van der Waals surface area contributed by atoms with Crippen LogP contribution >= 0.6 is 0 Å². The van der Waals surface area contributed by atoms with E-state index in [0.29, 0.717) is 16.8 Å². The fraction of sp³-hybridized carbons (Fsp3) is 0.125. The second kappa shape index (κ2) is 10.6. The topological polar surface area (TPSA) is 93.7 Å². The van der Waals surface area contributed by atoms with E-state index in [1.54, 1.807) is 55.5 Å². The molecule has 0 aliphatic carbocycles. The number of hydrogen-bond acceptors (Lipinski definition) is 5. The van der Waals surface area contributed by atoms with Crippen LogP contribution in [0.15, 0.2) is 78.9 Å². The van der Waals surface area contributed by atoms with Gasteiger partial charge in [-0.1, -0.05) is 36.4 Å². The Morgan fingerprint density at radius 1 is 0.774 bits per heavy atom. The van der Waals surface area contributed by atoms with Crippen molar-refractivity contribution in [2.75, 3.05) is 11.9 Å². The molecule has 2 amide bonds. The van der Waals surface area contributed by atoms with Crippen molar-refractivity contribution in [2.24, 2.45) is 0 Å².